The zero-order chi connectivity index (χ0) is 11.1. The van der Waals surface area contributed by atoms with Crippen LogP contribution in [0, 0.1) is 0 Å². The first-order valence-electron chi connectivity index (χ1n) is 4.73. The number of hydrogen-bond donors (Lipinski definition) is 2. The number of carboxylic acid groups (broad SMARTS) is 1. The highest BCUT2D eigenvalue weighted by molar-refractivity contribution is 5.91. The fourth-order valence-corrected chi connectivity index (χ4v) is 1.10. The summed E-state index contributed by atoms with van der Waals surface area (Å²) in [5.74, 6) is -0.809. The summed E-state index contributed by atoms with van der Waals surface area (Å²) in [6, 6.07) is 3.21. The largest absolute Gasteiger partial charge is 0.481 e. The van der Waals surface area contributed by atoms with E-state index in [0.717, 1.165) is 0 Å². The predicted octanol–water partition coefficient (Wildman–Crippen LogP) is 1.26. The molecule has 82 valence electrons. The molecule has 0 unspecified atom stereocenters. The fraction of sp³-hybridized carbons (Fsp3) is 0.400. The van der Waals surface area contributed by atoms with Gasteiger partial charge >= 0.3 is 5.97 Å². The smallest absolute Gasteiger partial charge is 0.303 e. The number of carboxylic acids is 1. The molecule has 0 aliphatic rings. The number of hydrogen-bond acceptors (Lipinski definition) is 3. The zero-order valence-corrected chi connectivity index (χ0v) is 8.23. The van der Waals surface area contributed by atoms with Gasteiger partial charge in [0.25, 0.3) is 5.91 Å². The van der Waals surface area contributed by atoms with Gasteiger partial charge in [-0.2, -0.15) is 0 Å². The summed E-state index contributed by atoms with van der Waals surface area (Å²) in [6.45, 7) is 0.465. The van der Waals surface area contributed by atoms with Gasteiger partial charge in [0.15, 0.2) is 5.76 Å². The first kappa shape index (κ1) is 11.3. The van der Waals surface area contributed by atoms with Gasteiger partial charge in [0, 0.05) is 13.0 Å². The van der Waals surface area contributed by atoms with Crippen molar-refractivity contribution in [2.45, 2.75) is 19.3 Å². The lowest BCUT2D eigenvalue weighted by atomic mass is 10.2. The summed E-state index contributed by atoms with van der Waals surface area (Å²) in [4.78, 5) is 21.5. The molecule has 0 saturated carbocycles. The molecule has 0 aromatic carbocycles. The molecule has 1 rings (SSSR count). The third-order valence-electron chi connectivity index (χ3n) is 1.85. The molecule has 1 aromatic heterocycles. The lowest BCUT2D eigenvalue weighted by Crippen LogP contribution is -2.23. The summed E-state index contributed by atoms with van der Waals surface area (Å²) in [7, 11) is 0. The van der Waals surface area contributed by atoms with Gasteiger partial charge in [-0.05, 0) is 25.0 Å². The SMILES string of the molecule is O=C(O)CCCCNC(=O)c1ccco1. The number of aliphatic carboxylic acids is 1. The van der Waals surface area contributed by atoms with Crippen molar-refractivity contribution in [1.29, 1.82) is 0 Å². The Bertz CT molecular complexity index is 318. The van der Waals surface area contributed by atoms with Crippen LogP contribution in [0.25, 0.3) is 0 Å². The van der Waals surface area contributed by atoms with Gasteiger partial charge in [-0.1, -0.05) is 0 Å². The monoisotopic (exact) mass is 211 g/mol. The molecular formula is C10H13NO4. The van der Waals surface area contributed by atoms with Gasteiger partial charge < -0.3 is 14.8 Å². The predicted molar refractivity (Wildman–Crippen MR) is 52.5 cm³/mol. The second kappa shape index (κ2) is 5.85. The van der Waals surface area contributed by atoms with E-state index in [4.69, 9.17) is 9.52 Å². The summed E-state index contributed by atoms with van der Waals surface area (Å²) in [5, 5.41) is 11.0. The number of amides is 1. The average Bonchev–Trinajstić information content (AvgIpc) is 2.69. The maximum absolute atomic E-state index is 11.3. The molecule has 0 saturated heterocycles. The first-order valence-corrected chi connectivity index (χ1v) is 4.73. The lowest BCUT2D eigenvalue weighted by molar-refractivity contribution is -0.137. The minimum absolute atomic E-state index is 0.136. The van der Waals surface area contributed by atoms with E-state index >= 15 is 0 Å². The van der Waals surface area contributed by atoms with Crippen molar-refractivity contribution in [2.75, 3.05) is 6.54 Å². The van der Waals surface area contributed by atoms with E-state index < -0.39 is 5.97 Å². The zero-order valence-electron chi connectivity index (χ0n) is 8.23. The quantitative estimate of drug-likeness (QED) is 0.694. The normalized spacial score (nSPS) is 9.87. The van der Waals surface area contributed by atoms with Crippen molar-refractivity contribution < 1.29 is 19.1 Å². The second-order valence-corrected chi connectivity index (χ2v) is 3.08. The third kappa shape index (κ3) is 4.30. The van der Waals surface area contributed by atoms with Gasteiger partial charge in [0.05, 0.1) is 6.26 Å². The summed E-state index contributed by atoms with van der Waals surface area (Å²) < 4.78 is 4.88. The average molecular weight is 211 g/mol. The third-order valence-corrected chi connectivity index (χ3v) is 1.85. The van der Waals surface area contributed by atoms with Crippen molar-refractivity contribution >= 4 is 11.9 Å². The van der Waals surface area contributed by atoms with Crippen LogP contribution in [0.15, 0.2) is 22.8 Å². The summed E-state index contributed by atoms with van der Waals surface area (Å²) in [6.07, 6.45) is 2.78. The summed E-state index contributed by atoms with van der Waals surface area (Å²) >= 11 is 0. The van der Waals surface area contributed by atoms with Crippen molar-refractivity contribution in [2.24, 2.45) is 0 Å². The van der Waals surface area contributed by atoms with E-state index in [9.17, 15) is 9.59 Å². The topological polar surface area (TPSA) is 79.5 Å². The van der Waals surface area contributed by atoms with Crippen LogP contribution < -0.4 is 5.32 Å². The van der Waals surface area contributed by atoms with Crippen molar-refractivity contribution in [1.82, 2.24) is 5.32 Å². The molecule has 0 radical (unpaired) electrons. The number of nitrogens with one attached hydrogen (secondary N) is 1. The first-order chi connectivity index (χ1) is 7.20. The maximum Gasteiger partial charge on any atom is 0.303 e. The minimum Gasteiger partial charge on any atom is -0.481 e. The number of unbranched alkanes of at least 4 members (excludes halogenated alkanes) is 1. The Morgan fingerprint density at radius 3 is 2.80 bits per heavy atom. The highest BCUT2D eigenvalue weighted by atomic mass is 16.4. The van der Waals surface area contributed by atoms with Crippen LogP contribution >= 0.6 is 0 Å². The Balaban J connectivity index is 2.10. The number of carbonyl (C=O) groups excluding carboxylic acids is 1. The molecule has 0 fully saturated rings. The molecule has 15 heavy (non-hydrogen) atoms. The molecule has 5 nitrogen and oxygen atoms in total. The van der Waals surface area contributed by atoms with Crippen molar-refractivity contribution in [3.8, 4) is 0 Å². The van der Waals surface area contributed by atoms with Gasteiger partial charge in [-0.25, -0.2) is 0 Å². The van der Waals surface area contributed by atoms with E-state index in [2.05, 4.69) is 5.32 Å². The number of carbonyl (C=O) groups is 2. The molecule has 0 bridgehead atoms. The Labute approximate surface area is 87.1 Å². The molecule has 2 N–H and O–H groups in total. The molecule has 5 heteroatoms. The molecule has 1 heterocycles. The van der Waals surface area contributed by atoms with Crippen LogP contribution in [0.5, 0.6) is 0 Å². The molecule has 0 atom stereocenters. The minimum atomic E-state index is -0.813. The Morgan fingerprint density at radius 2 is 2.20 bits per heavy atom. The second-order valence-electron chi connectivity index (χ2n) is 3.08. The van der Waals surface area contributed by atoms with Crippen LogP contribution in [-0.4, -0.2) is 23.5 Å². The van der Waals surface area contributed by atoms with E-state index in [1.165, 1.54) is 6.26 Å². The van der Waals surface area contributed by atoms with E-state index in [0.29, 0.717) is 19.4 Å². The lowest BCUT2D eigenvalue weighted by Gasteiger charge is -2.01. The van der Waals surface area contributed by atoms with E-state index in [1.807, 2.05) is 0 Å². The number of rotatable bonds is 6. The van der Waals surface area contributed by atoms with Crippen LogP contribution in [0.1, 0.15) is 29.8 Å². The summed E-state index contributed by atoms with van der Waals surface area (Å²) in [5.41, 5.74) is 0. The fourth-order valence-electron chi connectivity index (χ4n) is 1.10. The Kier molecular flexibility index (Phi) is 4.40. The van der Waals surface area contributed by atoms with Gasteiger partial charge in [-0.15, -0.1) is 0 Å². The van der Waals surface area contributed by atoms with E-state index in [1.54, 1.807) is 12.1 Å². The van der Waals surface area contributed by atoms with Crippen LogP contribution in [0.4, 0.5) is 0 Å². The van der Waals surface area contributed by atoms with Gasteiger partial charge in [0.1, 0.15) is 0 Å². The van der Waals surface area contributed by atoms with Crippen LogP contribution in [-0.2, 0) is 4.79 Å². The molecule has 1 aromatic rings. The maximum atomic E-state index is 11.3. The highest BCUT2D eigenvalue weighted by Gasteiger charge is 2.06. The van der Waals surface area contributed by atoms with Gasteiger partial charge in [-0.3, -0.25) is 9.59 Å². The molecule has 0 aliphatic carbocycles. The highest BCUT2D eigenvalue weighted by Crippen LogP contribution is 1.99. The molecule has 0 spiro atoms. The van der Waals surface area contributed by atoms with Crippen molar-refractivity contribution in [3.05, 3.63) is 24.2 Å². The number of furan rings is 1. The van der Waals surface area contributed by atoms with Crippen LogP contribution in [0.3, 0.4) is 0 Å². The standard InChI is InChI=1S/C10H13NO4/c12-9(13)5-1-2-6-11-10(14)8-4-3-7-15-8/h3-4,7H,1-2,5-6H2,(H,11,14)(H,12,13). The molecule has 1 amide bonds. The Morgan fingerprint density at radius 1 is 1.40 bits per heavy atom. The van der Waals surface area contributed by atoms with Crippen molar-refractivity contribution in [3.63, 3.8) is 0 Å². The molecular weight excluding hydrogens is 198 g/mol. The Hall–Kier alpha value is -1.78. The molecule has 0 aliphatic heterocycles. The van der Waals surface area contributed by atoms with E-state index in [-0.39, 0.29) is 18.1 Å². The van der Waals surface area contributed by atoms with Crippen LogP contribution in [0.2, 0.25) is 0 Å². The van der Waals surface area contributed by atoms with Gasteiger partial charge in [0.2, 0.25) is 0 Å².